The molecule has 0 aromatic heterocycles. The smallest absolute Gasteiger partial charge is 0.260 e. The molecule has 0 radical (unpaired) electrons. The van der Waals surface area contributed by atoms with Crippen molar-refractivity contribution in [2.24, 2.45) is 0 Å². The molecular weight excluding hydrogens is 396 g/mol. The van der Waals surface area contributed by atoms with Crippen LogP contribution >= 0.6 is 24.2 Å². The number of likely N-dealkylation sites (tertiary alicyclic amines) is 1. The number of benzene rings is 2. The van der Waals surface area contributed by atoms with Crippen molar-refractivity contribution in [3.05, 3.63) is 59.1 Å². The first-order valence-electron chi connectivity index (χ1n) is 9.24. The average Bonchev–Trinajstić information content (AvgIpc) is 2.70. The van der Waals surface area contributed by atoms with Crippen molar-refractivity contribution in [2.45, 2.75) is 36.8 Å². The van der Waals surface area contributed by atoms with Crippen LogP contribution in [0.1, 0.15) is 30.1 Å². The molecule has 148 valence electrons. The van der Waals surface area contributed by atoms with Crippen molar-refractivity contribution < 1.29 is 14.3 Å². The molecule has 28 heavy (non-hydrogen) atoms. The minimum Gasteiger partial charge on any atom is -0.481 e. The fraction of sp³-hybridized carbons (Fsp3) is 0.333. The van der Waals surface area contributed by atoms with Crippen LogP contribution in [-0.2, 0) is 4.79 Å². The Morgan fingerprint density at radius 1 is 1.14 bits per heavy atom. The molecule has 7 heteroatoms. The molecule has 1 saturated heterocycles. The van der Waals surface area contributed by atoms with Gasteiger partial charge in [-0.1, -0.05) is 23.7 Å². The summed E-state index contributed by atoms with van der Waals surface area (Å²) in [5.74, 6) is 0.410. The Labute approximate surface area is 175 Å². The Bertz CT molecular complexity index is 836. The van der Waals surface area contributed by atoms with E-state index in [9.17, 15) is 9.59 Å². The van der Waals surface area contributed by atoms with Crippen LogP contribution in [0.2, 0.25) is 5.02 Å². The molecule has 5 nitrogen and oxygen atoms in total. The first-order valence-corrected chi connectivity index (χ1v) is 10.1. The fourth-order valence-electron chi connectivity index (χ4n) is 3.14. The number of hydrogen-bond donors (Lipinski definition) is 2. The van der Waals surface area contributed by atoms with Crippen molar-refractivity contribution in [3.63, 3.8) is 0 Å². The summed E-state index contributed by atoms with van der Waals surface area (Å²) in [5.41, 5.74) is 0.610. The van der Waals surface area contributed by atoms with E-state index in [1.165, 1.54) is 0 Å². The highest BCUT2D eigenvalue weighted by molar-refractivity contribution is 7.80. The summed E-state index contributed by atoms with van der Waals surface area (Å²) >= 11 is 10.2. The lowest BCUT2D eigenvalue weighted by Gasteiger charge is -2.33. The molecule has 1 unspecified atom stereocenters. The van der Waals surface area contributed by atoms with Crippen molar-refractivity contribution in [1.82, 2.24) is 10.2 Å². The minimum atomic E-state index is -0.614. The second-order valence-electron chi connectivity index (χ2n) is 6.81. The number of rotatable bonds is 5. The Morgan fingerprint density at radius 3 is 2.43 bits per heavy atom. The molecule has 1 N–H and O–H groups in total. The van der Waals surface area contributed by atoms with Gasteiger partial charge in [-0.15, -0.1) is 12.6 Å². The highest BCUT2D eigenvalue weighted by atomic mass is 35.5. The monoisotopic (exact) mass is 418 g/mol. The number of hydrogen-bond acceptors (Lipinski definition) is 4. The maximum absolute atomic E-state index is 12.6. The number of carbonyl (C=O) groups excluding carboxylic acids is 2. The van der Waals surface area contributed by atoms with Gasteiger partial charge in [0, 0.05) is 29.0 Å². The topological polar surface area (TPSA) is 58.6 Å². The molecular formula is C21H23ClN2O3S. The summed E-state index contributed by atoms with van der Waals surface area (Å²) < 4.78 is 5.66. The van der Waals surface area contributed by atoms with Gasteiger partial charge in [0.15, 0.2) is 6.10 Å². The van der Waals surface area contributed by atoms with Gasteiger partial charge in [-0.3, -0.25) is 9.59 Å². The third kappa shape index (κ3) is 5.20. The molecule has 0 aliphatic carbocycles. The lowest BCUT2D eigenvalue weighted by Crippen LogP contribution is -2.49. The first-order chi connectivity index (χ1) is 13.4. The zero-order valence-electron chi connectivity index (χ0n) is 15.6. The number of ether oxygens (including phenoxy) is 1. The number of piperidine rings is 1. The summed E-state index contributed by atoms with van der Waals surface area (Å²) in [6.07, 6.45) is 0.802. The average molecular weight is 419 g/mol. The van der Waals surface area contributed by atoms with Crippen LogP contribution in [0.25, 0.3) is 0 Å². The molecule has 1 atom stereocenters. The van der Waals surface area contributed by atoms with Gasteiger partial charge < -0.3 is 15.0 Å². The van der Waals surface area contributed by atoms with Gasteiger partial charge in [0.25, 0.3) is 11.8 Å². The van der Waals surface area contributed by atoms with E-state index in [4.69, 9.17) is 16.3 Å². The summed E-state index contributed by atoms with van der Waals surface area (Å²) in [5, 5.41) is 3.63. The van der Waals surface area contributed by atoms with Crippen LogP contribution in [0, 0.1) is 0 Å². The number of thiol groups is 1. The molecule has 1 fully saturated rings. The zero-order chi connectivity index (χ0) is 20.1. The maximum Gasteiger partial charge on any atom is 0.260 e. The Hall–Kier alpha value is -2.18. The van der Waals surface area contributed by atoms with E-state index in [1.54, 1.807) is 37.3 Å². The second kappa shape index (κ2) is 9.34. The van der Waals surface area contributed by atoms with Crippen molar-refractivity contribution >= 4 is 36.0 Å². The Kier molecular flexibility index (Phi) is 6.86. The third-order valence-electron chi connectivity index (χ3n) is 4.76. The third-order valence-corrected chi connectivity index (χ3v) is 5.40. The van der Waals surface area contributed by atoms with E-state index in [0.29, 0.717) is 47.2 Å². The van der Waals surface area contributed by atoms with E-state index >= 15 is 0 Å². The molecule has 0 spiro atoms. The summed E-state index contributed by atoms with van der Waals surface area (Å²) in [4.78, 5) is 27.5. The molecule has 1 aliphatic heterocycles. The summed E-state index contributed by atoms with van der Waals surface area (Å²) in [7, 11) is 0. The van der Waals surface area contributed by atoms with Gasteiger partial charge in [-0.2, -0.15) is 0 Å². The SMILES string of the molecule is CC(Oc1ccc(Cl)cc1)C(=O)NC1CCN(C(=O)c2ccccc2S)CC1. The lowest BCUT2D eigenvalue weighted by atomic mass is 10.0. The van der Waals surface area contributed by atoms with Crippen LogP contribution < -0.4 is 10.1 Å². The van der Waals surface area contributed by atoms with Gasteiger partial charge >= 0.3 is 0 Å². The molecule has 0 bridgehead atoms. The molecule has 3 rings (SSSR count). The predicted octanol–water partition coefficient (Wildman–Crippen LogP) is 3.82. The largest absolute Gasteiger partial charge is 0.481 e. The normalized spacial score (nSPS) is 15.8. The van der Waals surface area contributed by atoms with Gasteiger partial charge in [0.2, 0.25) is 0 Å². The molecule has 2 amide bonds. The van der Waals surface area contributed by atoms with Gasteiger partial charge in [0.05, 0.1) is 5.56 Å². The van der Waals surface area contributed by atoms with Crippen LogP contribution in [0.3, 0.4) is 0 Å². The zero-order valence-corrected chi connectivity index (χ0v) is 17.2. The van der Waals surface area contributed by atoms with Crippen molar-refractivity contribution in [1.29, 1.82) is 0 Å². The number of amides is 2. The van der Waals surface area contributed by atoms with E-state index < -0.39 is 6.10 Å². The second-order valence-corrected chi connectivity index (χ2v) is 7.72. The Morgan fingerprint density at radius 2 is 1.79 bits per heavy atom. The predicted molar refractivity (Wildman–Crippen MR) is 112 cm³/mol. The first kappa shape index (κ1) is 20.6. The number of halogens is 1. The van der Waals surface area contributed by atoms with E-state index in [0.717, 1.165) is 0 Å². The van der Waals surface area contributed by atoms with Crippen molar-refractivity contribution in [3.8, 4) is 5.75 Å². The number of carbonyl (C=O) groups is 2. The van der Waals surface area contributed by atoms with Crippen LogP contribution in [0.5, 0.6) is 5.75 Å². The Balaban J connectivity index is 1.48. The lowest BCUT2D eigenvalue weighted by molar-refractivity contribution is -0.128. The van der Waals surface area contributed by atoms with E-state index in [-0.39, 0.29) is 17.9 Å². The standard InChI is InChI=1S/C21H23ClN2O3S/c1-14(27-17-8-6-15(22)7-9-17)20(25)23-16-10-12-24(13-11-16)21(26)18-4-2-3-5-19(18)28/h2-9,14,16,28H,10-13H2,1H3,(H,23,25). The fourth-order valence-corrected chi connectivity index (χ4v) is 3.52. The number of nitrogens with zero attached hydrogens (tertiary/aromatic N) is 1. The maximum atomic E-state index is 12.6. The quantitative estimate of drug-likeness (QED) is 0.726. The minimum absolute atomic E-state index is 0.0187. The molecule has 1 aliphatic rings. The molecule has 0 saturated carbocycles. The number of nitrogens with one attached hydrogen (secondary N) is 1. The van der Waals surface area contributed by atoms with E-state index in [1.807, 2.05) is 23.1 Å². The van der Waals surface area contributed by atoms with Gasteiger partial charge in [-0.25, -0.2) is 0 Å². The van der Waals surface area contributed by atoms with Crippen LogP contribution in [0.4, 0.5) is 0 Å². The molecule has 2 aromatic carbocycles. The summed E-state index contributed by atoms with van der Waals surface area (Å²) in [6, 6.07) is 14.2. The highest BCUT2D eigenvalue weighted by Crippen LogP contribution is 2.20. The van der Waals surface area contributed by atoms with Gasteiger partial charge in [-0.05, 0) is 56.2 Å². The summed E-state index contributed by atoms with van der Waals surface area (Å²) in [6.45, 7) is 2.91. The van der Waals surface area contributed by atoms with Gasteiger partial charge in [0.1, 0.15) is 5.75 Å². The van der Waals surface area contributed by atoms with Crippen LogP contribution in [-0.4, -0.2) is 41.9 Å². The molecule has 2 aromatic rings. The van der Waals surface area contributed by atoms with Crippen LogP contribution in [0.15, 0.2) is 53.4 Å². The van der Waals surface area contributed by atoms with Crippen molar-refractivity contribution in [2.75, 3.05) is 13.1 Å². The van der Waals surface area contributed by atoms with E-state index in [2.05, 4.69) is 17.9 Å². The highest BCUT2D eigenvalue weighted by Gasteiger charge is 2.26. The molecule has 1 heterocycles.